The van der Waals surface area contributed by atoms with Crippen LogP contribution in [0.4, 0.5) is 0 Å². The lowest BCUT2D eigenvalue weighted by Gasteiger charge is -2.34. The fourth-order valence-electron chi connectivity index (χ4n) is 1.76. The summed E-state index contributed by atoms with van der Waals surface area (Å²) in [6, 6.07) is 0. The van der Waals surface area contributed by atoms with Gasteiger partial charge in [-0.05, 0) is 51.2 Å². The van der Waals surface area contributed by atoms with E-state index in [9.17, 15) is 0 Å². The molecule has 2 nitrogen and oxygen atoms in total. The quantitative estimate of drug-likeness (QED) is 0.690. The highest BCUT2D eigenvalue weighted by atomic mass is 32.2. The van der Waals surface area contributed by atoms with E-state index < -0.39 is 0 Å². The molecule has 14 heavy (non-hydrogen) atoms. The largest absolute Gasteiger partial charge is 0.381 e. The number of hydrogen-bond donors (Lipinski definition) is 1. The van der Waals surface area contributed by atoms with Crippen LogP contribution >= 0.6 is 11.8 Å². The number of ether oxygens (including phenoxy) is 1. The summed E-state index contributed by atoms with van der Waals surface area (Å²) >= 11 is 1.94. The maximum atomic E-state index is 5.37. The molecule has 0 aromatic rings. The maximum Gasteiger partial charge on any atom is 0.0483 e. The maximum absolute atomic E-state index is 5.37. The van der Waals surface area contributed by atoms with Crippen LogP contribution in [0.3, 0.4) is 0 Å². The highest BCUT2D eigenvalue weighted by Gasteiger charge is 2.25. The van der Waals surface area contributed by atoms with Crippen LogP contribution in [0, 0.1) is 0 Å². The number of nitrogens with one attached hydrogen (secondary N) is 1. The minimum atomic E-state index is 0.345. The molecule has 0 aliphatic carbocycles. The summed E-state index contributed by atoms with van der Waals surface area (Å²) in [5.74, 6) is 1.29. The fraction of sp³-hybridized carbons (Fsp3) is 1.00. The molecule has 0 atom stereocenters. The van der Waals surface area contributed by atoms with Gasteiger partial charge in [0.2, 0.25) is 0 Å². The average Bonchev–Trinajstić information content (AvgIpc) is 2.18. The van der Waals surface area contributed by atoms with Crippen LogP contribution < -0.4 is 5.32 Å². The van der Waals surface area contributed by atoms with Crippen LogP contribution in [0.2, 0.25) is 0 Å². The first-order chi connectivity index (χ1) is 6.77. The van der Waals surface area contributed by atoms with Crippen molar-refractivity contribution in [3.05, 3.63) is 0 Å². The zero-order chi connectivity index (χ0) is 10.3. The molecule has 0 radical (unpaired) electrons. The topological polar surface area (TPSA) is 21.3 Å². The predicted octanol–water partition coefficient (Wildman–Crippen LogP) is 2.29. The van der Waals surface area contributed by atoms with Crippen molar-refractivity contribution in [2.75, 3.05) is 31.8 Å². The van der Waals surface area contributed by atoms with E-state index in [1.807, 2.05) is 11.8 Å². The molecule has 1 N–H and O–H groups in total. The van der Waals surface area contributed by atoms with Gasteiger partial charge in [-0.1, -0.05) is 0 Å². The molecule has 0 aromatic carbocycles. The van der Waals surface area contributed by atoms with Crippen LogP contribution in [-0.4, -0.2) is 37.3 Å². The molecule has 84 valence electrons. The van der Waals surface area contributed by atoms with Crippen LogP contribution in [0.25, 0.3) is 0 Å². The third kappa shape index (κ3) is 4.67. The summed E-state index contributed by atoms with van der Waals surface area (Å²) in [4.78, 5) is 0. The zero-order valence-corrected chi connectivity index (χ0v) is 10.3. The highest BCUT2D eigenvalue weighted by Crippen LogP contribution is 2.19. The van der Waals surface area contributed by atoms with Crippen molar-refractivity contribution < 1.29 is 4.74 Å². The van der Waals surface area contributed by atoms with Gasteiger partial charge in [-0.2, -0.15) is 11.8 Å². The lowest BCUT2D eigenvalue weighted by atomic mass is 9.92. The van der Waals surface area contributed by atoms with E-state index in [-0.39, 0.29) is 0 Å². The van der Waals surface area contributed by atoms with Crippen molar-refractivity contribution in [3.63, 3.8) is 0 Å². The molecule has 3 heteroatoms. The first-order valence-corrected chi connectivity index (χ1v) is 6.98. The Morgan fingerprint density at radius 3 is 2.64 bits per heavy atom. The SMILES string of the molecule is CSCCCCNC1(C)CCOCC1. The fourth-order valence-corrected chi connectivity index (χ4v) is 2.25. The molecule has 0 amide bonds. The van der Waals surface area contributed by atoms with Gasteiger partial charge in [0.15, 0.2) is 0 Å². The molecule has 0 saturated carbocycles. The summed E-state index contributed by atoms with van der Waals surface area (Å²) in [6.07, 6.45) is 7.14. The van der Waals surface area contributed by atoms with Crippen LogP contribution in [0.15, 0.2) is 0 Å². The Balaban J connectivity index is 2.03. The number of hydrogen-bond acceptors (Lipinski definition) is 3. The minimum absolute atomic E-state index is 0.345. The summed E-state index contributed by atoms with van der Waals surface area (Å²) in [5.41, 5.74) is 0.345. The van der Waals surface area contributed by atoms with E-state index in [2.05, 4.69) is 18.5 Å². The Kier molecular flexibility index (Phi) is 5.90. The second-order valence-electron chi connectivity index (χ2n) is 4.30. The molecule has 0 aromatic heterocycles. The standard InChI is InChI=1S/C11H23NOS/c1-11(5-8-13-9-6-11)12-7-3-4-10-14-2/h12H,3-10H2,1-2H3. The van der Waals surface area contributed by atoms with Gasteiger partial charge < -0.3 is 10.1 Å². The Labute approximate surface area is 92.2 Å². The van der Waals surface area contributed by atoms with Gasteiger partial charge in [0.25, 0.3) is 0 Å². The molecule has 1 saturated heterocycles. The zero-order valence-electron chi connectivity index (χ0n) is 9.47. The van der Waals surface area contributed by atoms with Gasteiger partial charge in [-0.25, -0.2) is 0 Å². The summed E-state index contributed by atoms with van der Waals surface area (Å²) < 4.78 is 5.37. The third-order valence-electron chi connectivity index (χ3n) is 2.92. The van der Waals surface area contributed by atoms with Gasteiger partial charge in [0.05, 0.1) is 0 Å². The number of unbranched alkanes of at least 4 members (excludes halogenated alkanes) is 1. The second-order valence-corrected chi connectivity index (χ2v) is 5.29. The van der Waals surface area contributed by atoms with Gasteiger partial charge in [-0.3, -0.25) is 0 Å². The van der Waals surface area contributed by atoms with Crippen molar-refractivity contribution in [1.29, 1.82) is 0 Å². The molecule has 0 bridgehead atoms. The monoisotopic (exact) mass is 217 g/mol. The Bertz CT molecular complexity index is 146. The molecular weight excluding hydrogens is 194 g/mol. The van der Waals surface area contributed by atoms with Crippen molar-refractivity contribution in [2.24, 2.45) is 0 Å². The molecule has 0 unspecified atom stereocenters. The Morgan fingerprint density at radius 1 is 1.29 bits per heavy atom. The Hall–Kier alpha value is 0.270. The molecule has 1 fully saturated rings. The van der Waals surface area contributed by atoms with Crippen LogP contribution in [0.1, 0.15) is 32.6 Å². The molecule has 1 aliphatic heterocycles. The van der Waals surface area contributed by atoms with Crippen molar-refractivity contribution in [3.8, 4) is 0 Å². The van der Waals surface area contributed by atoms with Crippen molar-refractivity contribution >= 4 is 11.8 Å². The van der Waals surface area contributed by atoms with Gasteiger partial charge in [0.1, 0.15) is 0 Å². The number of rotatable bonds is 6. The summed E-state index contributed by atoms with van der Waals surface area (Å²) in [7, 11) is 0. The van der Waals surface area contributed by atoms with Gasteiger partial charge >= 0.3 is 0 Å². The second kappa shape index (κ2) is 6.70. The van der Waals surface area contributed by atoms with Crippen molar-refractivity contribution in [2.45, 2.75) is 38.1 Å². The first-order valence-electron chi connectivity index (χ1n) is 5.58. The van der Waals surface area contributed by atoms with E-state index in [1.54, 1.807) is 0 Å². The molecular formula is C11H23NOS. The number of thioether (sulfide) groups is 1. The molecule has 1 heterocycles. The smallest absolute Gasteiger partial charge is 0.0483 e. The lowest BCUT2D eigenvalue weighted by molar-refractivity contribution is 0.0453. The lowest BCUT2D eigenvalue weighted by Crippen LogP contribution is -2.47. The van der Waals surface area contributed by atoms with Gasteiger partial charge in [-0.15, -0.1) is 0 Å². The van der Waals surface area contributed by atoms with E-state index in [0.29, 0.717) is 5.54 Å². The van der Waals surface area contributed by atoms with E-state index >= 15 is 0 Å². The minimum Gasteiger partial charge on any atom is -0.381 e. The molecule has 1 rings (SSSR count). The molecule has 1 aliphatic rings. The van der Waals surface area contributed by atoms with E-state index in [4.69, 9.17) is 4.74 Å². The van der Waals surface area contributed by atoms with E-state index in [0.717, 1.165) is 32.6 Å². The van der Waals surface area contributed by atoms with E-state index in [1.165, 1.54) is 18.6 Å². The van der Waals surface area contributed by atoms with Gasteiger partial charge in [0, 0.05) is 18.8 Å². The third-order valence-corrected chi connectivity index (χ3v) is 3.62. The normalized spacial score (nSPS) is 21.0. The summed E-state index contributed by atoms with van der Waals surface area (Å²) in [5, 5.41) is 3.67. The van der Waals surface area contributed by atoms with Crippen LogP contribution in [-0.2, 0) is 4.74 Å². The average molecular weight is 217 g/mol. The summed E-state index contributed by atoms with van der Waals surface area (Å²) in [6.45, 7) is 5.34. The first kappa shape index (κ1) is 12.3. The van der Waals surface area contributed by atoms with Crippen molar-refractivity contribution in [1.82, 2.24) is 5.32 Å². The highest BCUT2D eigenvalue weighted by molar-refractivity contribution is 7.98. The Morgan fingerprint density at radius 2 is 2.00 bits per heavy atom. The predicted molar refractivity (Wildman–Crippen MR) is 64.1 cm³/mol. The molecule has 0 spiro atoms. The van der Waals surface area contributed by atoms with Crippen LogP contribution in [0.5, 0.6) is 0 Å².